The standard InChI is InChI=1S/C11H7ClN4OS/c12-6-5-14-10(13)16-9(6)18-11-15-7-3-1-2-4-8(7)17-11/h1-5H,(H2,13,14,16). The number of benzene rings is 1. The number of para-hydroxylation sites is 2. The average Bonchev–Trinajstić information content (AvgIpc) is 2.76. The van der Waals surface area contributed by atoms with Crippen molar-refractivity contribution < 1.29 is 4.42 Å². The molecule has 3 aromatic rings. The number of rotatable bonds is 2. The molecule has 2 heterocycles. The Balaban J connectivity index is 1.98. The highest BCUT2D eigenvalue weighted by atomic mass is 35.5. The zero-order chi connectivity index (χ0) is 12.5. The molecule has 0 unspecified atom stereocenters. The van der Waals surface area contributed by atoms with Gasteiger partial charge in [0.15, 0.2) is 5.58 Å². The molecule has 0 aliphatic heterocycles. The monoisotopic (exact) mass is 278 g/mol. The van der Waals surface area contributed by atoms with E-state index in [1.807, 2.05) is 24.3 Å². The average molecular weight is 279 g/mol. The Kier molecular flexibility index (Phi) is 2.81. The minimum Gasteiger partial charge on any atom is -0.431 e. The molecule has 3 rings (SSSR count). The zero-order valence-electron chi connectivity index (χ0n) is 9.00. The van der Waals surface area contributed by atoms with Gasteiger partial charge in [0.1, 0.15) is 10.5 Å². The van der Waals surface area contributed by atoms with Crippen LogP contribution < -0.4 is 5.73 Å². The van der Waals surface area contributed by atoms with Gasteiger partial charge in [-0.15, -0.1) is 0 Å². The second-order valence-electron chi connectivity index (χ2n) is 3.43. The van der Waals surface area contributed by atoms with Crippen LogP contribution in [0.3, 0.4) is 0 Å². The number of nitrogens with two attached hydrogens (primary N) is 1. The topological polar surface area (TPSA) is 77.8 Å². The number of nitrogens with zero attached hydrogens (tertiary/aromatic N) is 3. The highest BCUT2D eigenvalue weighted by molar-refractivity contribution is 7.99. The Morgan fingerprint density at radius 1 is 1.22 bits per heavy atom. The maximum atomic E-state index is 5.97. The third-order valence-corrected chi connectivity index (χ3v) is 3.43. The van der Waals surface area contributed by atoms with Crippen molar-refractivity contribution in [2.45, 2.75) is 10.2 Å². The molecule has 0 atom stereocenters. The minimum atomic E-state index is 0.165. The molecule has 0 spiro atoms. The molecule has 0 aliphatic carbocycles. The van der Waals surface area contributed by atoms with E-state index in [1.165, 1.54) is 18.0 Å². The second kappa shape index (κ2) is 4.47. The summed E-state index contributed by atoms with van der Waals surface area (Å²) in [4.78, 5) is 12.1. The summed E-state index contributed by atoms with van der Waals surface area (Å²) in [6.45, 7) is 0. The second-order valence-corrected chi connectivity index (χ2v) is 4.78. The fourth-order valence-corrected chi connectivity index (χ4v) is 2.35. The van der Waals surface area contributed by atoms with Gasteiger partial charge in [0, 0.05) is 0 Å². The van der Waals surface area contributed by atoms with Gasteiger partial charge in [-0.1, -0.05) is 23.7 Å². The van der Waals surface area contributed by atoms with Gasteiger partial charge >= 0.3 is 0 Å². The van der Waals surface area contributed by atoms with Crippen LogP contribution in [0.25, 0.3) is 11.1 Å². The molecular weight excluding hydrogens is 272 g/mol. The van der Waals surface area contributed by atoms with Gasteiger partial charge in [0.05, 0.1) is 11.2 Å². The van der Waals surface area contributed by atoms with Crippen molar-refractivity contribution in [1.29, 1.82) is 0 Å². The van der Waals surface area contributed by atoms with Crippen LogP contribution in [0, 0.1) is 0 Å². The summed E-state index contributed by atoms with van der Waals surface area (Å²) in [6.07, 6.45) is 1.45. The lowest BCUT2D eigenvalue weighted by atomic mass is 10.3. The predicted molar refractivity (Wildman–Crippen MR) is 69.6 cm³/mol. The summed E-state index contributed by atoms with van der Waals surface area (Å²) < 4.78 is 5.56. The Morgan fingerprint density at radius 3 is 2.89 bits per heavy atom. The number of fused-ring (bicyclic) bond motifs is 1. The fraction of sp³-hybridized carbons (Fsp3) is 0. The third kappa shape index (κ3) is 2.12. The van der Waals surface area contributed by atoms with E-state index in [4.69, 9.17) is 21.8 Å². The summed E-state index contributed by atoms with van der Waals surface area (Å²) in [5.41, 5.74) is 7.02. The van der Waals surface area contributed by atoms with Gasteiger partial charge in [0.2, 0.25) is 5.95 Å². The Bertz CT molecular complexity index is 682. The van der Waals surface area contributed by atoms with Crippen LogP contribution in [0.4, 0.5) is 5.95 Å². The molecule has 90 valence electrons. The van der Waals surface area contributed by atoms with Crippen LogP contribution in [0.2, 0.25) is 5.02 Å². The number of anilines is 1. The summed E-state index contributed by atoms with van der Waals surface area (Å²) in [5.74, 6) is 0.165. The van der Waals surface area contributed by atoms with Gasteiger partial charge in [-0.05, 0) is 23.9 Å². The number of hydrogen-bond donors (Lipinski definition) is 1. The lowest BCUT2D eigenvalue weighted by Crippen LogP contribution is -1.95. The van der Waals surface area contributed by atoms with Gasteiger partial charge in [0.25, 0.3) is 5.22 Å². The lowest BCUT2D eigenvalue weighted by molar-refractivity contribution is 0.489. The van der Waals surface area contributed by atoms with Crippen molar-refractivity contribution in [2.24, 2.45) is 0 Å². The smallest absolute Gasteiger partial charge is 0.263 e. The van der Waals surface area contributed by atoms with E-state index < -0.39 is 0 Å². The summed E-state index contributed by atoms with van der Waals surface area (Å²) >= 11 is 7.19. The number of oxazole rings is 1. The van der Waals surface area contributed by atoms with Crippen LogP contribution in [-0.4, -0.2) is 15.0 Å². The number of aromatic nitrogens is 3. The van der Waals surface area contributed by atoms with Gasteiger partial charge in [-0.25, -0.2) is 15.0 Å². The predicted octanol–water partition coefficient (Wildman–Crippen LogP) is 3.00. The van der Waals surface area contributed by atoms with E-state index in [0.29, 0.717) is 15.3 Å². The molecule has 0 saturated carbocycles. The van der Waals surface area contributed by atoms with Crippen LogP contribution in [0.5, 0.6) is 0 Å². The molecule has 0 bridgehead atoms. The van der Waals surface area contributed by atoms with Gasteiger partial charge < -0.3 is 10.2 Å². The van der Waals surface area contributed by atoms with E-state index in [-0.39, 0.29) is 5.95 Å². The highest BCUT2D eigenvalue weighted by Gasteiger charge is 2.11. The van der Waals surface area contributed by atoms with Crippen LogP contribution in [0.15, 0.2) is 45.1 Å². The van der Waals surface area contributed by atoms with Crippen LogP contribution in [-0.2, 0) is 0 Å². The molecular formula is C11H7ClN4OS. The van der Waals surface area contributed by atoms with Crippen molar-refractivity contribution in [3.05, 3.63) is 35.5 Å². The number of hydrogen-bond acceptors (Lipinski definition) is 6. The lowest BCUT2D eigenvalue weighted by Gasteiger charge is -1.99. The first kappa shape index (κ1) is 11.3. The largest absolute Gasteiger partial charge is 0.431 e. The van der Waals surface area contributed by atoms with E-state index in [2.05, 4.69) is 15.0 Å². The molecule has 5 nitrogen and oxygen atoms in total. The van der Waals surface area contributed by atoms with E-state index >= 15 is 0 Å². The van der Waals surface area contributed by atoms with Gasteiger partial charge in [-0.3, -0.25) is 0 Å². The number of halogens is 1. The maximum absolute atomic E-state index is 5.97. The first-order valence-electron chi connectivity index (χ1n) is 5.04. The summed E-state index contributed by atoms with van der Waals surface area (Å²) in [5, 5.41) is 1.41. The molecule has 0 radical (unpaired) electrons. The highest BCUT2D eigenvalue weighted by Crippen LogP contribution is 2.32. The van der Waals surface area contributed by atoms with Crippen molar-refractivity contribution in [3.63, 3.8) is 0 Å². The molecule has 1 aromatic carbocycles. The van der Waals surface area contributed by atoms with Crippen molar-refractivity contribution in [3.8, 4) is 0 Å². The Morgan fingerprint density at radius 2 is 2.06 bits per heavy atom. The van der Waals surface area contributed by atoms with Crippen molar-refractivity contribution >= 4 is 40.4 Å². The molecule has 2 aromatic heterocycles. The SMILES string of the molecule is Nc1ncc(Cl)c(Sc2nc3ccccc3o2)n1. The van der Waals surface area contributed by atoms with Crippen LogP contribution in [0.1, 0.15) is 0 Å². The minimum absolute atomic E-state index is 0.165. The maximum Gasteiger partial charge on any atom is 0.263 e. The molecule has 7 heteroatoms. The van der Waals surface area contributed by atoms with E-state index in [0.717, 1.165) is 11.1 Å². The van der Waals surface area contributed by atoms with E-state index in [1.54, 1.807) is 0 Å². The molecule has 2 N–H and O–H groups in total. The molecule has 0 aliphatic rings. The molecule has 18 heavy (non-hydrogen) atoms. The quantitative estimate of drug-likeness (QED) is 0.726. The normalized spacial score (nSPS) is 10.9. The first-order valence-corrected chi connectivity index (χ1v) is 6.23. The fourth-order valence-electron chi connectivity index (χ4n) is 1.41. The Hall–Kier alpha value is -1.79. The van der Waals surface area contributed by atoms with Crippen molar-refractivity contribution in [1.82, 2.24) is 15.0 Å². The summed E-state index contributed by atoms with van der Waals surface area (Å²) in [6, 6.07) is 7.51. The third-order valence-electron chi connectivity index (χ3n) is 2.19. The summed E-state index contributed by atoms with van der Waals surface area (Å²) in [7, 11) is 0. The number of nitrogen functional groups attached to an aromatic ring is 1. The molecule has 0 fully saturated rings. The molecule has 0 saturated heterocycles. The molecule has 0 amide bonds. The zero-order valence-corrected chi connectivity index (χ0v) is 10.6. The van der Waals surface area contributed by atoms with Gasteiger partial charge in [-0.2, -0.15) is 0 Å². The van der Waals surface area contributed by atoms with Crippen molar-refractivity contribution in [2.75, 3.05) is 5.73 Å². The van der Waals surface area contributed by atoms with Crippen LogP contribution >= 0.6 is 23.4 Å². The van der Waals surface area contributed by atoms with E-state index in [9.17, 15) is 0 Å². The Labute approximate surface area is 111 Å². The first-order chi connectivity index (χ1) is 8.72.